The lowest BCUT2D eigenvalue weighted by atomic mass is 10.3. The lowest BCUT2D eigenvalue weighted by Crippen LogP contribution is -2.11. The molecule has 0 amide bonds. The summed E-state index contributed by atoms with van der Waals surface area (Å²) in [5.41, 5.74) is 1.98. The lowest BCUT2D eigenvalue weighted by molar-refractivity contribution is -0.384. The zero-order valence-electron chi connectivity index (χ0n) is 15.2. The number of carbonyl (C=O) groups is 1. The van der Waals surface area contributed by atoms with Crippen molar-refractivity contribution in [2.45, 2.75) is 13.3 Å². The molecule has 0 heterocycles. The van der Waals surface area contributed by atoms with E-state index in [1.165, 1.54) is 42.5 Å². The number of nitrogens with zero attached hydrogens (tertiary/aromatic N) is 5. The zero-order valence-corrected chi connectivity index (χ0v) is 15.2. The number of anilines is 1. The van der Waals surface area contributed by atoms with Gasteiger partial charge in [0.15, 0.2) is 11.5 Å². The smallest absolute Gasteiger partial charge is 0.313 e. The molecule has 0 aliphatic rings. The predicted octanol–water partition coefficient (Wildman–Crippen LogP) is 3.97. The molecular formula is C17H16N6O6. The van der Waals surface area contributed by atoms with Gasteiger partial charge in [-0.25, -0.2) is 0 Å². The number of esters is 1. The molecule has 0 aliphatic heterocycles. The summed E-state index contributed by atoms with van der Waals surface area (Å²) < 4.78 is 4.83. The highest BCUT2D eigenvalue weighted by Crippen LogP contribution is 2.27. The minimum Gasteiger partial charge on any atom is -0.466 e. The summed E-state index contributed by atoms with van der Waals surface area (Å²) in [6.07, 6.45) is -0.397. The maximum Gasteiger partial charge on any atom is 0.313 e. The summed E-state index contributed by atoms with van der Waals surface area (Å²) in [7, 11) is 0. The predicted molar refractivity (Wildman–Crippen MR) is 103 cm³/mol. The van der Waals surface area contributed by atoms with Gasteiger partial charge in [0.05, 0.1) is 16.5 Å². The van der Waals surface area contributed by atoms with Crippen molar-refractivity contribution in [2.24, 2.45) is 15.3 Å². The normalized spacial score (nSPS) is 11.3. The van der Waals surface area contributed by atoms with E-state index in [0.29, 0.717) is 0 Å². The van der Waals surface area contributed by atoms with Gasteiger partial charge in [-0.2, -0.15) is 5.10 Å². The summed E-state index contributed by atoms with van der Waals surface area (Å²) in [5.74, 6) is -0.836. The van der Waals surface area contributed by atoms with Gasteiger partial charge in [0, 0.05) is 12.1 Å². The Morgan fingerprint density at radius 1 is 1.03 bits per heavy atom. The number of hydrazone groups is 1. The number of hydrogen-bond acceptors (Lipinski definition) is 9. The number of azo groups is 1. The van der Waals surface area contributed by atoms with Crippen LogP contribution in [0.4, 0.5) is 22.7 Å². The van der Waals surface area contributed by atoms with Crippen molar-refractivity contribution in [1.29, 1.82) is 0 Å². The molecule has 0 radical (unpaired) electrons. The van der Waals surface area contributed by atoms with Gasteiger partial charge >= 0.3 is 5.97 Å². The molecule has 2 aromatic carbocycles. The van der Waals surface area contributed by atoms with Gasteiger partial charge in [-0.1, -0.05) is 24.3 Å². The van der Waals surface area contributed by atoms with Crippen molar-refractivity contribution in [1.82, 2.24) is 0 Å². The molecule has 150 valence electrons. The third-order valence-corrected chi connectivity index (χ3v) is 3.37. The van der Waals surface area contributed by atoms with Crippen LogP contribution < -0.4 is 5.43 Å². The standard InChI is InChI=1S/C17H16N6O6/c1-2-29-17(24)11-16(20-18-12-7-3-5-9-14(12)22(25)26)21-19-13-8-4-6-10-15(13)23(27)28/h3-10,18H,2,11H2,1H3. The van der Waals surface area contributed by atoms with Crippen molar-refractivity contribution in [3.05, 3.63) is 68.8 Å². The SMILES string of the molecule is CCOC(=O)CC(N=Nc1ccccc1[N+](=O)[O-])=NNc1ccccc1[N+](=O)[O-]. The first kappa shape index (κ1) is 21.1. The van der Waals surface area contributed by atoms with Crippen LogP contribution in [0.25, 0.3) is 0 Å². The van der Waals surface area contributed by atoms with E-state index in [1.807, 2.05) is 0 Å². The minimum absolute atomic E-state index is 0.0419. The Bertz CT molecular complexity index is 974. The Hall–Kier alpha value is -4.22. The van der Waals surface area contributed by atoms with Crippen molar-refractivity contribution >= 4 is 34.6 Å². The van der Waals surface area contributed by atoms with Gasteiger partial charge in [-0.15, -0.1) is 10.2 Å². The molecule has 0 bridgehead atoms. The topological polar surface area (TPSA) is 162 Å². The largest absolute Gasteiger partial charge is 0.466 e. The van der Waals surface area contributed by atoms with Crippen LogP contribution in [0, 0.1) is 20.2 Å². The minimum atomic E-state index is -0.655. The third-order valence-electron chi connectivity index (χ3n) is 3.37. The summed E-state index contributed by atoms with van der Waals surface area (Å²) in [6, 6.07) is 11.4. The van der Waals surface area contributed by atoms with Crippen molar-refractivity contribution in [3.8, 4) is 0 Å². The quantitative estimate of drug-likeness (QED) is 0.175. The molecule has 2 rings (SSSR count). The highest BCUT2D eigenvalue weighted by Gasteiger charge is 2.15. The van der Waals surface area contributed by atoms with Crippen LogP contribution in [0.15, 0.2) is 63.9 Å². The molecule has 0 aromatic heterocycles. The number of benzene rings is 2. The second kappa shape index (κ2) is 10.2. The first-order chi connectivity index (χ1) is 13.9. The number of para-hydroxylation sites is 3. The second-order valence-electron chi connectivity index (χ2n) is 5.34. The highest BCUT2D eigenvalue weighted by molar-refractivity contribution is 5.98. The van der Waals surface area contributed by atoms with Crippen LogP contribution in [0.1, 0.15) is 13.3 Å². The number of nitrogens with one attached hydrogen (secondary N) is 1. The fourth-order valence-electron chi connectivity index (χ4n) is 2.11. The molecule has 1 N–H and O–H groups in total. The number of ether oxygens (including phenoxy) is 1. The van der Waals surface area contributed by atoms with Crippen LogP contribution in [0.5, 0.6) is 0 Å². The average molecular weight is 400 g/mol. The van der Waals surface area contributed by atoms with Gasteiger partial charge < -0.3 is 4.74 Å². The van der Waals surface area contributed by atoms with E-state index in [-0.39, 0.29) is 35.2 Å². The van der Waals surface area contributed by atoms with Gasteiger partial charge in [0.1, 0.15) is 12.1 Å². The molecule has 0 saturated heterocycles. The van der Waals surface area contributed by atoms with Crippen molar-refractivity contribution < 1.29 is 19.4 Å². The van der Waals surface area contributed by atoms with Gasteiger partial charge in [0.25, 0.3) is 11.4 Å². The number of amidine groups is 1. The van der Waals surface area contributed by atoms with Gasteiger partial charge in [0.2, 0.25) is 0 Å². The highest BCUT2D eigenvalue weighted by atomic mass is 16.6. The number of hydrogen-bond donors (Lipinski definition) is 1. The van der Waals surface area contributed by atoms with Gasteiger partial charge in [-0.05, 0) is 19.1 Å². The number of nitro groups is 2. The van der Waals surface area contributed by atoms with Crippen LogP contribution >= 0.6 is 0 Å². The van der Waals surface area contributed by atoms with Gasteiger partial charge in [-0.3, -0.25) is 30.4 Å². The van der Waals surface area contributed by atoms with Crippen LogP contribution in [-0.2, 0) is 9.53 Å². The molecule has 12 nitrogen and oxygen atoms in total. The molecule has 0 spiro atoms. The van der Waals surface area contributed by atoms with E-state index in [0.717, 1.165) is 0 Å². The first-order valence-corrected chi connectivity index (χ1v) is 8.29. The number of nitro benzene ring substituents is 2. The molecule has 0 unspecified atom stereocenters. The molecule has 12 heteroatoms. The fraction of sp³-hybridized carbons (Fsp3) is 0.176. The fourth-order valence-corrected chi connectivity index (χ4v) is 2.11. The van der Waals surface area contributed by atoms with E-state index in [4.69, 9.17) is 4.74 Å². The third kappa shape index (κ3) is 6.16. The first-order valence-electron chi connectivity index (χ1n) is 8.29. The average Bonchev–Trinajstić information content (AvgIpc) is 2.70. The molecule has 0 fully saturated rings. The molecule has 29 heavy (non-hydrogen) atoms. The molecule has 2 aromatic rings. The molecular weight excluding hydrogens is 384 g/mol. The van der Waals surface area contributed by atoms with E-state index in [1.54, 1.807) is 13.0 Å². The molecule has 0 aliphatic carbocycles. The Morgan fingerprint density at radius 3 is 2.31 bits per heavy atom. The van der Waals surface area contributed by atoms with E-state index in [2.05, 4.69) is 20.8 Å². The van der Waals surface area contributed by atoms with E-state index >= 15 is 0 Å². The Labute approximate surface area is 164 Å². The maximum absolute atomic E-state index is 11.8. The van der Waals surface area contributed by atoms with Crippen molar-refractivity contribution in [2.75, 3.05) is 12.0 Å². The lowest BCUT2D eigenvalue weighted by Gasteiger charge is -2.04. The summed E-state index contributed by atoms with van der Waals surface area (Å²) in [6.45, 7) is 1.75. The Kier molecular flexibility index (Phi) is 7.42. The van der Waals surface area contributed by atoms with Crippen LogP contribution in [-0.4, -0.2) is 28.3 Å². The summed E-state index contributed by atoms with van der Waals surface area (Å²) in [4.78, 5) is 32.7. The second-order valence-corrected chi connectivity index (χ2v) is 5.34. The summed E-state index contributed by atoms with van der Waals surface area (Å²) >= 11 is 0. The number of carbonyl (C=O) groups excluding carboxylic acids is 1. The molecule has 0 atom stereocenters. The number of rotatable bonds is 8. The monoisotopic (exact) mass is 400 g/mol. The Morgan fingerprint density at radius 2 is 1.66 bits per heavy atom. The van der Waals surface area contributed by atoms with Crippen LogP contribution in [0.3, 0.4) is 0 Å². The zero-order chi connectivity index (χ0) is 21.2. The Balaban J connectivity index is 2.33. The van der Waals surface area contributed by atoms with Crippen molar-refractivity contribution in [3.63, 3.8) is 0 Å². The van der Waals surface area contributed by atoms with Crippen LogP contribution in [0.2, 0.25) is 0 Å². The molecule has 0 saturated carbocycles. The van der Waals surface area contributed by atoms with E-state index < -0.39 is 22.2 Å². The summed E-state index contributed by atoms with van der Waals surface area (Å²) in [5, 5.41) is 33.6. The maximum atomic E-state index is 11.8. The van der Waals surface area contributed by atoms with E-state index in [9.17, 15) is 25.0 Å².